The number of aliphatic hydroxyl groups excluding tert-OH is 1. The zero-order chi connectivity index (χ0) is 16.0. The van der Waals surface area contributed by atoms with Gasteiger partial charge in [0.1, 0.15) is 25.0 Å². The van der Waals surface area contributed by atoms with E-state index in [1.54, 1.807) is 0 Å². The van der Waals surface area contributed by atoms with Gasteiger partial charge in [0.05, 0.1) is 21.1 Å². The molecule has 23 heavy (non-hydrogen) atoms. The Morgan fingerprint density at radius 1 is 1.17 bits per heavy atom. The minimum absolute atomic E-state index is 0. The van der Waals surface area contributed by atoms with E-state index >= 15 is 0 Å². The summed E-state index contributed by atoms with van der Waals surface area (Å²) in [6, 6.07) is 10.3. The maximum Gasteiger partial charge on any atom is 0.137 e. The van der Waals surface area contributed by atoms with E-state index in [0.29, 0.717) is 13.2 Å². The van der Waals surface area contributed by atoms with Crippen LogP contribution in [0.4, 0.5) is 0 Å². The maximum absolute atomic E-state index is 9.96. The molecular weight excluding hydrogens is 290 g/mol. The van der Waals surface area contributed by atoms with Crippen LogP contribution in [0.3, 0.4) is 0 Å². The zero-order valence-corrected chi connectivity index (χ0v) is 14.2. The summed E-state index contributed by atoms with van der Waals surface area (Å²) >= 11 is 0. The number of aliphatic hydroxyl groups is 1. The Balaban J connectivity index is 0.00000264. The average Bonchev–Trinajstić information content (AvgIpc) is 2.46. The lowest BCUT2D eigenvalue weighted by molar-refractivity contribution is -0.873. The van der Waals surface area contributed by atoms with Gasteiger partial charge in [-0.25, -0.2) is 0 Å². The van der Waals surface area contributed by atoms with Crippen LogP contribution in [0.5, 0.6) is 0 Å². The topological polar surface area (TPSA) is 61.0 Å². The second-order valence-corrected chi connectivity index (χ2v) is 6.71. The van der Waals surface area contributed by atoms with Crippen molar-refractivity contribution in [1.82, 2.24) is 0 Å². The van der Waals surface area contributed by atoms with Crippen molar-refractivity contribution in [3.8, 4) is 0 Å². The normalized spacial score (nSPS) is 17.4. The third-order valence-electron chi connectivity index (χ3n) is 3.35. The van der Waals surface area contributed by atoms with Crippen molar-refractivity contribution < 1.29 is 19.8 Å². The fraction of sp³-hybridized carbons (Fsp3) is 0.368. The molecule has 1 unspecified atom stereocenters. The fourth-order valence-electron chi connectivity index (χ4n) is 2.40. The van der Waals surface area contributed by atoms with Gasteiger partial charge in [-0.15, -0.1) is 0 Å². The standard InChI is InChI=1S/C19H26NO2.H2O/c1-20(2,3)14-18(21)15-22-19-11-9-17(10-12-19)13-16-7-5-4-6-8-16;/h4-9,11-13,18,21H,10,14-15H2,1-3H3;1H2/q+1;. The summed E-state index contributed by atoms with van der Waals surface area (Å²) in [4.78, 5) is 0. The summed E-state index contributed by atoms with van der Waals surface area (Å²) < 4.78 is 6.40. The lowest BCUT2D eigenvalue weighted by Gasteiger charge is -2.26. The van der Waals surface area contributed by atoms with Crippen LogP contribution in [0.2, 0.25) is 0 Å². The molecule has 1 aromatic rings. The van der Waals surface area contributed by atoms with Crippen LogP contribution in [0, 0.1) is 0 Å². The van der Waals surface area contributed by atoms with Crippen LogP contribution in [-0.4, -0.2) is 55.5 Å². The van der Waals surface area contributed by atoms with Crippen molar-refractivity contribution in [3.63, 3.8) is 0 Å². The van der Waals surface area contributed by atoms with Crippen molar-refractivity contribution in [2.75, 3.05) is 34.3 Å². The molecule has 1 aromatic carbocycles. The quantitative estimate of drug-likeness (QED) is 0.817. The van der Waals surface area contributed by atoms with Gasteiger partial charge in [0.15, 0.2) is 0 Å². The molecule has 0 saturated carbocycles. The molecule has 1 atom stereocenters. The molecule has 0 bridgehead atoms. The summed E-state index contributed by atoms with van der Waals surface area (Å²) in [5, 5.41) is 9.96. The van der Waals surface area contributed by atoms with Crippen molar-refractivity contribution in [3.05, 3.63) is 65.5 Å². The Morgan fingerprint density at radius 3 is 2.43 bits per heavy atom. The van der Waals surface area contributed by atoms with E-state index in [1.807, 2.05) is 24.3 Å². The molecule has 126 valence electrons. The molecule has 0 spiro atoms. The second kappa shape index (κ2) is 8.67. The Morgan fingerprint density at radius 2 is 1.87 bits per heavy atom. The summed E-state index contributed by atoms with van der Waals surface area (Å²) in [5.74, 6) is 0.839. The van der Waals surface area contributed by atoms with Crippen LogP contribution >= 0.6 is 0 Å². The number of hydrogen-bond donors (Lipinski definition) is 1. The first-order valence-corrected chi connectivity index (χ1v) is 7.67. The van der Waals surface area contributed by atoms with Crippen molar-refractivity contribution >= 4 is 6.08 Å². The van der Waals surface area contributed by atoms with E-state index in [0.717, 1.165) is 16.7 Å². The van der Waals surface area contributed by atoms with Gasteiger partial charge in [0, 0.05) is 0 Å². The molecule has 1 aliphatic carbocycles. The number of hydrogen-bond acceptors (Lipinski definition) is 2. The number of rotatable bonds is 6. The molecule has 0 amide bonds. The molecule has 4 nitrogen and oxygen atoms in total. The van der Waals surface area contributed by atoms with Crippen LogP contribution < -0.4 is 0 Å². The molecule has 0 fully saturated rings. The first-order chi connectivity index (χ1) is 10.4. The van der Waals surface area contributed by atoms with E-state index in [-0.39, 0.29) is 5.48 Å². The highest BCUT2D eigenvalue weighted by Gasteiger charge is 2.16. The highest BCUT2D eigenvalue weighted by atomic mass is 16.5. The van der Waals surface area contributed by atoms with E-state index in [4.69, 9.17) is 4.74 Å². The number of quaternary nitrogens is 1. The second-order valence-electron chi connectivity index (χ2n) is 6.71. The lowest BCUT2D eigenvalue weighted by atomic mass is 10.0. The van der Waals surface area contributed by atoms with Gasteiger partial charge in [0.2, 0.25) is 0 Å². The summed E-state index contributed by atoms with van der Waals surface area (Å²) in [5.41, 5.74) is 2.46. The number of ether oxygens (including phenoxy) is 1. The third kappa shape index (κ3) is 7.28. The lowest BCUT2D eigenvalue weighted by Crippen LogP contribution is -2.42. The highest BCUT2D eigenvalue weighted by Crippen LogP contribution is 2.19. The van der Waals surface area contributed by atoms with E-state index < -0.39 is 6.10 Å². The monoisotopic (exact) mass is 318 g/mol. The smallest absolute Gasteiger partial charge is 0.137 e. The van der Waals surface area contributed by atoms with Gasteiger partial charge >= 0.3 is 0 Å². The summed E-state index contributed by atoms with van der Waals surface area (Å²) in [6.45, 7) is 1.01. The molecule has 0 saturated heterocycles. The molecule has 2 rings (SSSR count). The Hall–Kier alpha value is -1.88. The Bertz CT molecular complexity index is 568. The van der Waals surface area contributed by atoms with Gasteiger partial charge in [-0.2, -0.15) is 0 Å². The molecule has 1 aliphatic rings. The number of allylic oxidation sites excluding steroid dienone is 4. The third-order valence-corrected chi connectivity index (χ3v) is 3.35. The highest BCUT2D eigenvalue weighted by molar-refractivity contribution is 5.57. The van der Waals surface area contributed by atoms with Crippen molar-refractivity contribution in [2.45, 2.75) is 12.5 Å². The van der Waals surface area contributed by atoms with Gasteiger partial charge in [-0.05, 0) is 29.7 Å². The van der Waals surface area contributed by atoms with Crippen LogP contribution in [0.1, 0.15) is 12.0 Å². The Kier molecular flexibility index (Phi) is 7.23. The maximum atomic E-state index is 9.96. The van der Waals surface area contributed by atoms with Gasteiger partial charge < -0.3 is 19.8 Å². The molecule has 0 aromatic heterocycles. The van der Waals surface area contributed by atoms with Gasteiger partial charge in [-0.1, -0.05) is 42.5 Å². The molecule has 0 radical (unpaired) electrons. The molecule has 3 N–H and O–H groups in total. The minimum atomic E-state index is -0.449. The largest absolute Gasteiger partial charge is 0.491 e. The predicted molar refractivity (Wildman–Crippen MR) is 94.7 cm³/mol. The SMILES string of the molecule is C[N+](C)(C)CC(O)COC1=CCC(=Cc2ccccc2)C=C1.O. The van der Waals surface area contributed by atoms with Crippen LogP contribution in [-0.2, 0) is 4.74 Å². The number of benzene rings is 1. The predicted octanol–water partition coefficient (Wildman–Crippen LogP) is 2.17. The molecular formula is C19H28NO3+. The van der Waals surface area contributed by atoms with E-state index in [2.05, 4.69) is 51.5 Å². The fourth-order valence-corrected chi connectivity index (χ4v) is 2.40. The van der Waals surface area contributed by atoms with Gasteiger partial charge in [0.25, 0.3) is 0 Å². The average molecular weight is 318 g/mol. The number of likely N-dealkylation sites (N-methyl/N-ethyl adjacent to an activating group) is 1. The molecule has 4 heteroatoms. The van der Waals surface area contributed by atoms with E-state index in [1.165, 1.54) is 11.1 Å². The van der Waals surface area contributed by atoms with Gasteiger partial charge in [-0.3, -0.25) is 0 Å². The first-order valence-electron chi connectivity index (χ1n) is 7.67. The Labute approximate surface area is 138 Å². The summed E-state index contributed by atoms with van der Waals surface area (Å²) in [7, 11) is 6.18. The zero-order valence-electron chi connectivity index (χ0n) is 14.2. The summed E-state index contributed by atoms with van der Waals surface area (Å²) in [6.07, 6.45) is 8.69. The molecule has 0 heterocycles. The number of nitrogens with zero attached hydrogens (tertiary/aromatic N) is 1. The van der Waals surface area contributed by atoms with Crippen molar-refractivity contribution in [1.29, 1.82) is 0 Å². The minimum Gasteiger partial charge on any atom is -0.491 e. The van der Waals surface area contributed by atoms with Crippen LogP contribution in [0.25, 0.3) is 6.08 Å². The first kappa shape index (κ1) is 19.2. The molecule has 0 aliphatic heterocycles. The van der Waals surface area contributed by atoms with Crippen molar-refractivity contribution in [2.24, 2.45) is 0 Å². The van der Waals surface area contributed by atoms with Crippen LogP contribution in [0.15, 0.2) is 59.9 Å². The van der Waals surface area contributed by atoms with E-state index in [9.17, 15) is 5.11 Å².